The van der Waals surface area contributed by atoms with E-state index in [1.165, 1.54) is 0 Å². The van der Waals surface area contributed by atoms with Crippen molar-refractivity contribution in [2.75, 3.05) is 117 Å². The standard InChI is InChI=1S/C46H72N12O15S/c1-4-68-27-34-57-41-42(30-7-5-6-8-31(30)56-43(41)48)58(34)29-46(2,3)73-16-13-50-35(59)9-11-52-45(67)33(23-40(64)65)74-28-32(44(49)66)55-36(60)10-14-69-17-19-71-21-22-72-20-18-70-15-12-51-38(62)25-54-39(63)26-53-37(61)24-47/h5-8,32-33H,4,9-29,47H2,1-3H3,(H2,48,56)(H2,49,66)(H,50,59)(H,51,62)(H,52,67)(H,53,61)(H,54,63)(H,55,60)(H,64,65). The van der Waals surface area contributed by atoms with Gasteiger partial charge in [0.25, 0.3) is 0 Å². The molecule has 412 valence electrons. The Morgan fingerprint density at radius 3 is 1.99 bits per heavy atom. The van der Waals surface area contributed by atoms with Crippen LogP contribution in [0, 0.1) is 0 Å². The number of anilines is 1. The van der Waals surface area contributed by atoms with E-state index < -0.39 is 64.7 Å². The smallest absolute Gasteiger partial charge is 0.305 e. The average molecular weight is 1070 g/mol. The lowest BCUT2D eigenvalue weighted by molar-refractivity contribution is -0.138. The molecule has 74 heavy (non-hydrogen) atoms. The Morgan fingerprint density at radius 2 is 1.34 bits per heavy atom. The third kappa shape index (κ3) is 24.2. The van der Waals surface area contributed by atoms with E-state index in [9.17, 15) is 43.5 Å². The van der Waals surface area contributed by atoms with Crippen molar-refractivity contribution in [3.63, 3.8) is 0 Å². The van der Waals surface area contributed by atoms with Gasteiger partial charge >= 0.3 is 5.97 Å². The summed E-state index contributed by atoms with van der Waals surface area (Å²) >= 11 is 0.828. The lowest BCUT2D eigenvalue weighted by atomic mass is 10.1. The number of primary amides is 1. The summed E-state index contributed by atoms with van der Waals surface area (Å²) < 4.78 is 35.6. The minimum absolute atomic E-state index is 0.000653. The topological polar surface area (TPSA) is 393 Å². The summed E-state index contributed by atoms with van der Waals surface area (Å²) in [5, 5.41) is 24.2. The molecule has 0 saturated carbocycles. The summed E-state index contributed by atoms with van der Waals surface area (Å²) in [7, 11) is 0. The summed E-state index contributed by atoms with van der Waals surface area (Å²) in [5.74, 6) is -4.42. The Bertz CT molecular complexity index is 2300. The number of rotatable bonds is 40. The van der Waals surface area contributed by atoms with Crippen molar-refractivity contribution in [1.29, 1.82) is 0 Å². The number of fused-ring (bicyclic) bond motifs is 3. The first-order chi connectivity index (χ1) is 35.4. The number of para-hydroxylation sites is 1. The highest BCUT2D eigenvalue weighted by Crippen LogP contribution is 2.31. The third-order valence-electron chi connectivity index (χ3n) is 10.3. The largest absolute Gasteiger partial charge is 0.481 e. The molecule has 0 fully saturated rings. The van der Waals surface area contributed by atoms with Gasteiger partial charge in [-0.3, -0.25) is 38.4 Å². The Morgan fingerprint density at radius 1 is 0.730 bits per heavy atom. The van der Waals surface area contributed by atoms with E-state index in [1.807, 2.05) is 49.6 Å². The van der Waals surface area contributed by atoms with Crippen molar-refractivity contribution in [2.45, 2.75) is 70.1 Å². The van der Waals surface area contributed by atoms with Crippen LogP contribution in [0.15, 0.2) is 24.3 Å². The van der Waals surface area contributed by atoms with E-state index in [0.717, 1.165) is 28.2 Å². The SMILES string of the molecule is CCOCc1nc2c(N)nc3ccccc3c2n1CC(C)(C)OCCNC(=O)CCNC(=O)C(CC(=O)O)SCC(NC(=O)CCOCCOCCOCCOCCNC(=O)CNC(=O)CNC(=O)CN)C(N)=O. The van der Waals surface area contributed by atoms with Crippen molar-refractivity contribution < 1.29 is 71.9 Å². The highest BCUT2D eigenvalue weighted by molar-refractivity contribution is 8.00. The zero-order valence-electron chi connectivity index (χ0n) is 42.2. The van der Waals surface area contributed by atoms with Crippen LogP contribution < -0.4 is 49.1 Å². The molecule has 0 aliphatic rings. The Balaban J connectivity index is 1.26. The molecule has 0 aliphatic carbocycles. The van der Waals surface area contributed by atoms with Crippen molar-refractivity contribution in [3.05, 3.63) is 30.1 Å². The summed E-state index contributed by atoms with van der Waals surface area (Å²) in [5.41, 5.74) is 18.3. The van der Waals surface area contributed by atoms with Crippen LogP contribution in [0.1, 0.15) is 45.9 Å². The van der Waals surface area contributed by atoms with Crippen LogP contribution in [0.3, 0.4) is 0 Å². The predicted octanol–water partition coefficient (Wildman–Crippen LogP) is -2.57. The van der Waals surface area contributed by atoms with E-state index in [1.54, 1.807) is 0 Å². The molecule has 3 aromatic rings. The zero-order valence-corrected chi connectivity index (χ0v) is 43.0. The van der Waals surface area contributed by atoms with E-state index in [4.69, 9.17) is 50.6 Å². The minimum atomic E-state index is -1.27. The molecule has 0 saturated heterocycles. The molecular formula is C46H72N12O15S. The lowest BCUT2D eigenvalue weighted by Gasteiger charge is -2.27. The Kier molecular flexibility index (Phi) is 28.7. The molecule has 2 unspecified atom stereocenters. The molecule has 13 N–H and O–H groups in total. The quantitative estimate of drug-likeness (QED) is 0.0262. The maximum atomic E-state index is 13.0. The number of nitrogens with zero attached hydrogens (tertiary/aromatic N) is 3. The van der Waals surface area contributed by atoms with Gasteiger partial charge in [-0.2, -0.15) is 0 Å². The number of ether oxygens (including phenoxy) is 6. The van der Waals surface area contributed by atoms with Crippen molar-refractivity contribution >= 4 is 86.8 Å². The van der Waals surface area contributed by atoms with Gasteiger partial charge in [-0.15, -0.1) is 11.8 Å². The lowest BCUT2D eigenvalue weighted by Crippen LogP contribution is -2.47. The highest BCUT2D eigenvalue weighted by Gasteiger charge is 2.28. The molecule has 28 heteroatoms. The van der Waals surface area contributed by atoms with Crippen LogP contribution in [0.2, 0.25) is 0 Å². The van der Waals surface area contributed by atoms with Gasteiger partial charge in [-0.25, -0.2) is 9.97 Å². The van der Waals surface area contributed by atoms with Gasteiger partial charge in [-0.05, 0) is 26.8 Å². The summed E-state index contributed by atoms with van der Waals surface area (Å²) in [6, 6.07) is 6.43. The van der Waals surface area contributed by atoms with Crippen molar-refractivity contribution in [2.24, 2.45) is 11.5 Å². The first kappa shape index (κ1) is 62.0. The van der Waals surface area contributed by atoms with E-state index >= 15 is 0 Å². The number of hydrogen-bond donors (Lipinski definition) is 10. The van der Waals surface area contributed by atoms with Gasteiger partial charge in [0.05, 0.1) is 114 Å². The van der Waals surface area contributed by atoms with E-state index in [2.05, 4.69) is 36.9 Å². The molecular weight excluding hydrogens is 993 g/mol. The number of thioether (sulfide) groups is 1. The first-order valence-corrected chi connectivity index (χ1v) is 25.0. The number of nitrogens with two attached hydrogens (primary N) is 3. The maximum absolute atomic E-state index is 13.0. The summed E-state index contributed by atoms with van der Waals surface area (Å²) in [6.07, 6.45) is -0.821. The van der Waals surface area contributed by atoms with Crippen molar-refractivity contribution in [1.82, 2.24) is 46.4 Å². The van der Waals surface area contributed by atoms with E-state index in [0.29, 0.717) is 30.3 Å². The number of nitrogens with one attached hydrogen (secondary N) is 6. The van der Waals surface area contributed by atoms with Crippen molar-refractivity contribution in [3.8, 4) is 0 Å². The molecule has 3 rings (SSSR count). The molecule has 1 aromatic carbocycles. The van der Waals surface area contributed by atoms with Gasteiger partial charge < -0.3 is 87.2 Å². The predicted molar refractivity (Wildman–Crippen MR) is 271 cm³/mol. The highest BCUT2D eigenvalue weighted by atomic mass is 32.2. The fourth-order valence-corrected chi connectivity index (χ4v) is 7.80. The molecule has 0 spiro atoms. The molecule has 2 aromatic heterocycles. The normalized spacial score (nSPS) is 12.2. The minimum Gasteiger partial charge on any atom is -0.481 e. The Labute approximate surface area is 432 Å². The van der Waals surface area contributed by atoms with Gasteiger partial charge in [0.1, 0.15) is 24.0 Å². The number of amides is 7. The van der Waals surface area contributed by atoms with Crippen LogP contribution >= 0.6 is 11.8 Å². The molecule has 0 aliphatic heterocycles. The van der Waals surface area contributed by atoms with Gasteiger partial charge in [-0.1, -0.05) is 18.2 Å². The molecule has 0 bridgehead atoms. The average Bonchev–Trinajstić information content (AvgIpc) is 3.72. The molecule has 0 radical (unpaired) electrons. The van der Waals surface area contributed by atoms with Crippen LogP contribution in [0.25, 0.3) is 21.9 Å². The molecule has 2 atom stereocenters. The molecule has 7 amide bonds. The number of carbonyl (C=O) groups excluding carboxylic acids is 7. The first-order valence-electron chi connectivity index (χ1n) is 24.0. The fraction of sp³-hybridized carbons (Fsp3) is 0.609. The summed E-state index contributed by atoms with van der Waals surface area (Å²) in [6.45, 7) is 8.25. The number of aromatic nitrogens is 3. The fourth-order valence-electron chi connectivity index (χ4n) is 6.63. The van der Waals surface area contributed by atoms with E-state index in [-0.39, 0.29) is 130 Å². The van der Waals surface area contributed by atoms with Gasteiger partial charge in [0, 0.05) is 50.2 Å². The van der Waals surface area contributed by atoms with Gasteiger partial charge in [0.15, 0.2) is 5.82 Å². The number of carbonyl (C=O) groups is 8. The second-order valence-corrected chi connectivity index (χ2v) is 17.9. The number of hydrogen-bond acceptors (Lipinski definition) is 19. The van der Waals surface area contributed by atoms with Crippen LogP contribution in [0.4, 0.5) is 5.82 Å². The second kappa shape index (κ2) is 34.3. The van der Waals surface area contributed by atoms with Crippen LogP contribution in [-0.2, 0) is 79.9 Å². The number of imidazole rings is 1. The number of carboxylic acid groups (broad SMARTS) is 1. The number of carboxylic acids is 1. The van der Waals surface area contributed by atoms with Crippen LogP contribution in [0.5, 0.6) is 0 Å². The monoisotopic (exact) mass is 1060 g/mol. The maximum Gasteiger partial charge on any atom is 0.305 e. The van der Waals surface area contributed by atoms with Crippen LogP contribution in [-0.4, -0.2) is 195 Å². The number of aliphatic carboxylic acids is 1. The summed E-state index contributed by atoms with van der Waals surface area (Å²) in [4.78, 5) is 106. The number of pyridine rings is 1. The molecule has 2 heterocycles. The second-order valence-electron chi connectivity index (χ2n) is 16.7. The third-order valence-corrected chi connectivity index (χ3v) is 11.6. The number of benzene rings is 1. The molecule has 27 nitrogen and oxygen atoms in total. The van der Waals surface area contributed by atoms with Gasteiger partial charge in [0.2, 0.25) is 41.4 Å². The Hall–Kier alpha value is -6.27. The zero-order chi connectivity index (χ0) is 54.3. The number of nitrogen functional groups attached to an aromatic ring is 1.